The lowest BCUT2D eigenvalue weighted by molar-refractivity contribution is -0.198. The van der Waals surface area contributed by atoms with Gasteiger partial charge in [-0.1, -0.05) is 30.3 Å². The van der Waals surface area contributed by atoms with Crippen molar-refractivity contribution in [2.24, 2.45) is 5.92 Å². The molecule has 4 rings (SSSR count). The van der Waals surface area contributed by atoms with Crippen molar-refractivity contribution in [2.75, 3.05) is 18.5 Å². The van der Waals surface area contributed by atoms with Crippen molar-refractivity contribution in [3.8, 4) is 0 Å². The fraction of sp³-hybridized carbons (Fsp3) is 0.478. The van der Waals surface area contributed by atoms with Crippen molar-refractivity contribution >= 4 is 5.69 Å². The molecule has 4 atom stereocenters. The van der Waals surface area contributed by atoms with Gasteiger partial charge in [0.15, 0.2) is 0 Å². The molecule has 0 aromatic heterocycles. The zero-order chi connectivity index (χ0) is 19.4. The average Bonchev–Trinajstić information content (AvgIpc) is 2.72. The minimum Gasteiger partial charge on any atom is -0.385 e. The van der Waals surface area contributed by atoms with Crippen LogP contribution < -0.4 is 5.32 Å². The average molecular weight is 385 g/mol. The van der Waals surface area contributed by atoms with Crippen molar-refractivity contribution in [3.63, 3.8) is 0 Å². The van der Waals surface area contributed by atoms with Crippen LogP contribution in [0, 0.1) is 11.7 Å². The second kappa shape index (κ2) is 8.60. The van der Waals surface area contributed by atoms with Gasteiger partial charge in [-0.25, -0.2) is 4.39 Å². The lowest BCUT2D eigenvalue weighted by atomic mass is 9.69. The third kappa shape index (κ3) is 4.22. The third-order valence-electron chi connectivity index (χ3n) is 6.00. The van der Waals surface area contributed by atoms with Crippen molar-refractivity contribution < 1.29 is 19.0 Å². The number of anilines is 1. The number of fused-ring (bicyclic) bond motifs is 1. The van der Waals surface area contributed by atoms with E-state index in [1.54, 1.807) is 12.1 Å². The van der Waals surface area contributed by atoms with E-state index in [1.807, 2.05) is 18.2 Å². The molecular weight excluding hydrogens is 357 g/mol. The van der Waals surface area contributed by atoms with E-state index in [0.29, 0.717) is 26.2 Å². The Kier molecular flexibility index (Phi) is 5.95. The highest BCUT2D eigenvalue weighted by molar-refractivity contribution is 5.45. The number of hydrogen-bond donors (Lipinski definition) is 2. The summed E-state index contributed by atoms with van der Waals surface area (Å²) in [4.78, 5) is 0. The number of ether oxygens (including phenoxy) is 2. The molecule has 1 heterocycles. The number of benzene rings is 2. The standard InChI is InChI=1S/C23H28FNO3/c24-19-8-10-20(11-9-19)25-21-12-7-18(22-23(21,26)13-4-14-28-22)16-27-15-17-5-2-1-3-6-17/h1-3,5-6,8-11,18,21-22,25-26H,4,7,12-16H2/t18-,21-,22+,23+/m0/s1. The summed E-state index contributed by atoms with van der Waals surface area (Å²) in [6, 6.07) is 16.3. The molecule has 1 saturated carbocycles. The molecule has 2 fully saturated rings. The number of aliphatic hydroxyl groups is 1. The van der Waals surface area contributed by atoms with E-state index in [1.165, 1.54) is 12.1 Å². The molecule has 0 radical (unpaired) electrons. The summed E-state index contributed by atoms with van der Waals surface area (Å²) < 4.78 is 25.2. The van der Waals surface area contributed by atoms with Gasteiger partial charge in [0.1, 0.15) is 11.4 Å². The highest BCUT2D eigenvalue weighted by atomic mass is 19.1. The molecule has 1 aliphatic carbocycles. The summed E-state index contributed by atoms with van der Waals surface area (Å²) in [6.45, 7) is 1.82. The normalized spacial score (nSPS) is 29.9. The molecule has 5 heteroatoms. The first kappa shape index (κ1) is 19.4. The van der Waals surface area contributed by atoms with Gasteiger partial charge in [-0.15, -0.1) is 0 Å². The number of halogens is 1. The van der Waals surface area contributed by atoms with Crippen LogP contribution in [0.2, 0.25) is 0 Å². The number of hydrogen-bond acceptors (Lipinski definition) is 4. The topological polar surface area (TPSA) is 50.7 Å². The SMILES string of the molecule is O[C@@]12CCCO[C@@H]1[C@H](COCc1ccccc1)CC[C@@H]2Nc1ccc(F)cc1. The van der Waals surface area contributed by atoms with Gasteiger partial charge in [0, 0.05) is 18.2 Å². The summed E-state index contributed by atoms with van der Waals surface area (Å²) >= 11 is 0. The lowest BCUT2D eigenvalue weighted by Crippen LogP contribution is -2.64. The fourth-order valence-electron chi connectivity index (χ4n) is 4.57. The Balaban J connectivity index is 1.41. The van der Waals surface area contributed by atoms with Gasteiger partial charge in [-0.3, -0.25) is 0 Å². The van der Waals surface area contributed by atoms with Crippen LogP contribution in [0.3, 0.4) is 0 Å². The van der Waals surface area contributed by atoms with Crippen LogP contribution in [0.4, 0.5) is 10.1 Å². The Morgan fingerprint density at radius 1 is 1.11 bits per heavy atom. The van der Waals surface area contributed by atoms with E-state index in [2.05, 4.69) is 17.4 Å². The highest BCUT2D eigenvalue weighted by Gasteiger charge is 2.52. The second-order valence-electron chi connectivity index (χ2n) is 7.93. The molecule has 28 heavy (non-hydrogen) atoms. The third-order valence-corrected chi connectivity index (χ3v) is 6.00. The van der Waals surface area contributed by atoms with Crippen molar-refractivity contribution in [1.82, 2.24) is 0 Å². The molecule has 0 amide bonds. The maximum Gasteiger partial charge on any atom is 0.123 e. The largest absolute Gasteiger partial charge is 0.385 e. The quantitative estimate of drug-likeness (QED) is 0.785. The predicted molar refractivity (Wildman–Crippen MR) is 107 cm³/mol. The minimum atomic E-state index is -0.939. The van der Waals surface area contributed by atoms with Crippen molar-refractivity contribution in [2.45, 2.75) is 50.0 Å². The maximum atomic E-state index is 13.2. The van der Waals surface area contributed by atoms with Gasteiger partial charge in [0.05, 0.1) is 25.4 Å². The van der Waals surface area contributed by atoms with E-state index in [0.717, 1.165) is 30.5 Å². The predicted octanol–water partition coefficient (Wildman–Crippen LogP) is 4.14. The first-order valence-corrected chi connectivity index (χ1v) is 10.1. The Hall–Kier alpha value is -1.95. The lowest BCUT2D eigenvalue weighted by Gasteiger charge is -2.51. The van der Waals surface area contributed by atoms with Gasteiger partial charge < -0.3 is 19.9 Å². The van der Waals surface area contributed by atoms with Crippen LogP contribution in [0.25, 0.3) is 0 Å². The van der Waals surface area contributed by atoms with E-state index in [9.17, 15) is 9.50 Å². The van der Waals surface area contributed by atoms with Crippen molar-refractivity contribution in [1.29, 1.82) is 0 Å². The Bertz CT molecular complexity index is 754. The fourth-order valence-corrected chi connectivity index (χ4v) is 4.57. The van der Waals surface area contributed by atoms with E-state index in [4.69, 9.17) is 9.47 Å². The van der Waals surface area contributed by atoms with Crippen LogP contribution in [-0.2, 0) is 16.1 Å². The molecule has 150 valence electrons. The van der Waals surface area contributed by atoms with Crippen LogP contribution in [0.15, 0.2) is 54.6 Å². The van der Waals surface area contributed by atoms with Gasteiger partial charge >= 0.3 is 0 Å². The molecule has 0 bridgehead atoms. The van der Waals surface area contributed by atoms with Crippen LogP contribution in [0.5, 0.6) is 0 Å². The van der Waals surface area contributed by atoms with E-state index >= 15 is 0 Å². The molecule has 2 aromatic rings. The molecule has 1 aliphatic heterocycles. The summed E-state index contributed by atoms with van der Waals surface area (Å²) in [7, 11) is 0. The molecule has 4 nitrogen and oxygen atoms in total. The molecule has 0 unspecified atom stereocenters. The smallest absolute Gasteiger partial charge is 0.123 e. The summed E-state index contributed by atoms with van der Waals surface area (Å²) in [5, 5.41) is 14.9. The van der Waals surface area contributed by atoms with Crippen molar-refractivity contribution in [3.05, 3.63) is 66.0 Å². The van der Waals surface area contributed by atoms with Gasteiger partial charge in [-0.05, 0) is 55.5 Å². The molecule has 0 spiro atoms. The zero-order valence-electron chi connectivity index (χ0n) is 16.0. The Morgan fingerprint density at radius 2 is 1.89 bits per heavy atom. The zero-order valence-corrected chi connectivity index (χ0v) is 16.0. The van der Waals surface area contributed by atoms with Crippen LogP contribution in [0.1, 0.15) is 31.2 Å². The highest BCUT2D eigenvalue weighted by Crippen LogP contribution is 2.42. The van der Waals surface area contributed by atoms with Gasteiger partial charge in [-0.2, -0.15) is 0 Å². The molecule has 2 aromatic carbocycles. The minimum absolute atomic E-state index is 0.117. The monoisotopic (exact) mass is 385 g/mol. The molecule has 2 N–H and O–H groups in total. The summed E-state index contributed by atoms with van der Waals surface area (Å²) in [5.41, 5.74) is 1.03. The molecule has 2 aliphatic rings. The number of nitrogens with one attached hydrogen (secondary N) is 1. The van der Waals surface area contributed by atoms with Gasteiger partial charge in [0.25, 0.3) is 0 Å². The Labute approximate surface area is 165 Å². The van der Waals surface area contributed by atoms with E-state index < -0.39 is 5.60 Å². The van der Waals surface area contributed by atoms with Gasteiger partial charge in [0.2, 0.25) is 0 Å². The van der Waals surface area contributed by atoms with Crippen LogP contribution in [-0.4, -0.2) is 36.1 Å². The second-order valence-corrected chi connectivity index (χ2v) is 7.93. The summed E-state index contributed by atoms with van der Waals surface area (Å²) in [5.74, 6) is -0.0947. The van der Waals surface area contributed by atoms with Crippen LogP contribution >= 0.6 is 0 Å². The number of rotatable bonds is 6. The van der Waals surface area contributed by atoms with E-state index in [-0.39, 0.29) is 23.9 Å². The first-order chi connectivity index (χ1) is 13.6. The molecule has 1 saturated heterocycles. The maximum absolute atomic E-state index is 13.2. The molecular formula is C23H28FNO3. The Morgan fingerprint density at radius 3 is 2.68 bits per heavy atom. The first-order valence-electron chi connectivity index (χ1n) is 10.1. The summed E-state index contributed by atoms with van der Waals surface area (Å²) in [6.07, 6.45) is 3.04.